The van der Waals surface area contributed by atoms with Crippen molar-refractivity contribution in [2.75, 3.05) is 25.0 Å². The molecule has 2 fully saturated rings. The van der Waals surface area contributed by atoms with E-state index in [-0.39, 0.29) is 19.8 Å². The highest BCUT2D eigenvalue weighted by Gasteiger charge is 2.34. The van der Waals surface area contributed by atoms with Gasteiger partial charge in [0.05, 0.1) is 6.07 Å². The Labute approximate surface area is 184 Å². The lowest BCUT2D eigenvalue weighted by Gasteiger charge is -2.42. The summed E-state index contributed by atoms with van der Waals surface area (Å²) in [6, 6.07) is 6.81. The van der Waals surface area contributed by atoms with Gasteiger partial charge in [-0.15, -0.1) is 5.10 Å². The van der Waals surface area contributed by atoms with Crippen molar-refractivity contribution in [2.45, 2.75) is 59.0 Å². The van der Waals surface area contributed by atoms with Crippen molar-refractivity contribution in [1.82, 2.24) is 20.0 Å². The molecule has 1 aromatic carbocycles. The number of rotatable bonds is 6. The number of nitrogens with zero attached hydrogens (tertiary/aromatic N) is 5. The molecule has 8 nitrogen and oxygen atoms in total. The second-order valence-corrected chi connectivity index (χ2v) is 8.80. The summed E-state index contributed by atoms with van der Waals surface area (Å²) in [7, 11) is 0. The molecule has 1 aromatic heterocycles. The van der Waals surface area contributed by atoms with Crippen LogP contribution in [0.25, 0.3) is 0 Å². The summed E-state index contributed by atoms with van der Waals surface area (Å²) in [4.78, 5) is 17.2. The lowest BCUT2D eigenvalue weighted by molar-refractivity contribution is -0.142. The normalized spacial score (nSPS) is 19.7. The average Bonchev–Trinajstić information content (AvgIpc) is 3.11. The molecule has 1 atom stereocenters. The molecule has 0 unspecified atom stereocenters. The molecule has 1 saturated carbocycles. The molecule has 2 aromatic rings. The van der Waals surface area contributed by atoms with Crippen molar-refractivity contribution in [3.05, 3.63) is 34.7 Å². The van der Waals surface area contributed by atoms with Gasteiger partial charge in [0, 0.05) is 45.3 Å². The van der Waals surface area contributed by atoms with Gasteiger partial charge in [0.2, 0.25) is 11.8 Å². The molecular formula is C23H32N6O2. The predicted octanol–water partition coefficient (Wildman–Crippen LogP) is 3.57. The number of hydrogen-bond donors (Lipinski definition) is 1. The number of piperazine rings is 1. The summed E-state index contributed by atoms with van der Waals surface area (Å²) in [5.74, 6) is 0.922. The van der Waals surface area contributed by atoms with Gasteiger partial charge in [0.25, 0.3) is 0 Å². The number of nitrogens with one attached hydrogen (secondary N) is 1. The smallest absolute Gasteiger partial charge is 0.320 e. The van der Waals surface area contributed by atoms with Gasteiger partial charge in [-0.05, 0) is 56.4 Å². The summed E-state index contributed by atoms with van der Waals surface area (Å²) in [5, 5.41) is 19.8. The van der Waals surface area contributed by atoms with Crippen molar-refractivity contribution < 1.29 is 10.6 Å². The number of carbonyl (C=O) groups excluding carboxylic acids is 1. The summed E-state index contributed by atoms with van der Waals surface area (Å²) in [5.41, 5.74) is 4.44. The molecule has 0 spiro atoms. The van der Waals surface area contributed by atoms with Crippen LogP contribution in [0, 0.1) is 31.1 Å². The Kier molecular flexibility index (Phi) is 6.23. The maximum absolute atomic E-state index is 12.7. The molecule has 1 aliphatic heterocycles. The van der Waals surface area contributed by atoms with E-state index in [0.29, 0.717) is 17.8 Å². The largest absolute Gasteiger partial charge is 0.407 e. The molecule has 0 radical (unpaired) electrons. The van der Waals surface area contributed by atoms with Crippen molar-refractivity contribution in [3.63, 3.8) is 0 Å². The van der Waals surface area contributed by atoms with Crippen LogP contribution in [0.5, 0.6) is 0 Å². The van der Waals surface area contributed by atoms with Gasteiger partial charge in [-0.2, -0.15) is 5.26 Å². The lowest BCUT2D eigenvalue weighted by atomic mass is 9.84. The van der Waals surface area contributed by atoms with Gasteiger partial charge in [-0.1, -0.05) is 17.6 Å². The fraction of sp³-hybridized carbons (Fsp3) is 0.565. The minimum atomic E-state index is 0. The van der Waals surface area contributed by atoms with E-state index in [9.17, 15) is 4.79 Å². The Morgan fingerprint density at radius 2 is 2.13 bits per heavy atom. The molecule has 1 saturated heterocycles. The molecule has 2 heterocycles. The molecule has 1 N–H and O–H groups in total. The van der Waals surface area contributed by atoms with Crippen LogP contribution in [-0.4, -0.2) is 51.6 Å². The number of nitriles is 1. The van der Waals surface area contributed by atoms with Crippen LogP contribution in [0.4, 0.5) is 11.7 Å². The fourth-order valence-electron chi connectivity index (χ4n) is 4.42. The Morgan fingerprint density at radius 3 is 2.81 bits per heavy atom. The minimum Gasteiger partial charge on any atom is -0.407 e. The summed E-state index contributed by atoms with van der Waals surface area (Å²) < 4.78 is 5.49. The zero-order valence-corrected chi connectivity index (χ0v) is 18.5. The van der Waals surface area contributed by atoms with E-state index in [1.165, 1.54) is 12.0 Å². The predicted molar refractivity (Wildman–Crippen MR) is 119 cm³/mol. The highest BCUT2D eigenvalue weighted by molar-refractivity contribution is 5.80. The first-order valence-electron chi connectivity index (χ1n) is 11.0. The number of hydrogen-bond acceptors (Lipinski definition) is 7. The van der Waals surface area contributed by atoms with Crippen LogP contribution in [0.3, 0.4) is 0 Å². The highest BCUT2D eigenvalue weighted by atomic mass is 16.4. The van der Waals surface area contributed by atoms with Crippen molar-refractivity contribution >= 4 is 17.6 Å². The van der Waals surface area contributed by atoms with Crippen molar-refractivity contribution in [1.29, 1.82) is 5.26 Å². The second-order valence-electron chi connectivity index (χ2n) is 8.80. The van der Waals surface area contributed by atoms with Crippen molar-refractivity contribution in [2.24, 2.45) is 5.92 Å². The Bertz CT molecular complexity index is 997. The van der Waals surface area contributed by atoms with E-state index >= 15 is 0 Å². The lowest BCUT2D eigenvalue weighted by Crippen LogP contribution is -2.55. The monoisotopic (exact) mass is 424 g/mol. The molecule has 31 heavy (non-hydrogen) atoms. The van der Waals surface area contributed by atoms with E-state index < -0.39 is 0 Å². The van der Waals surface area contributed by atoms with E-state index in [2.05, 4.69) is 58.2 Å². The van der Waals surface area contributed by atoms with Gasteiger partial charge < -0.3 is 14.6 Å². The molecule has 4 rings (SSSR count). The van der Waals surface area contributed by atoms with Crippen LogP contribution in [-0.2, 0) is 17.8 Å². The first-order chi connectivity index (χ1) is 14.9. The Balaban J connectivity index is 0.00000289. The SMILES string of the molecule is Cc1cc(CN2CCN(C(=O)C3CCC3)[C@@H](C)C2)c(C)c(Nc2nnc(CC#N)o2)c1.[HH]. The third kappa shape index (κ3) is 4.72. The summed E-state index contributed by atoms with van der Waals surface area (Å²) in [6.07, 6.45) is 3.40. The van der Waals surface area contributed by atoms with E-state index in [1.54, 1.807) is 0 Å². The van der Waals surface area contributed by atoms with Gasteiger partial charge in [0.15, 0.2) is 0 Å². The van der Waals surface area contributed by atoms with Crippen LogP contribution in [0.15, 0.2) is 16.5 Å². The van der Waals surface area contributed by atoms with Gasteiger partial charge in [0.1, 0.15) is 6.42 Å². The van der Waals surface area contributed by atoms with Crippen LogP contribution in [0.2, 0.25) is 0 Å². The molecular weight excluding hydrogens is 392 g/mol. The first-order valence-corrected chi connectivity index (χ1v) is 11.0. The molecule has 1 aliphatic carbocycles. The molecule has 8 heteroatoms. The zero-order valence-electron chi connectivity index (χ0n) is 18.5. The van der Waals surface area contributed by atoms with E-state index in [1.807, 2.05) is 6.07 Å². The van der Waals surface area contributed by atoms with Gasteiger partial charge in [-0.3, -0.25) is 9.69 Å². The standard InChI is InChI=1S/C23H30N6O2.H2/c1-15-11-19(17(3)20(12-15)25-23-27-26-21(31-23)7-8-24)14-28-9-10-29(16(2)13-28)22(30)18-5-4-6-18;/h11-12,16,18H,4-7,9-10,13-14H2,1-3H3,(H,25,27);1H/t16-;/m0./s1. The molecule has 2 aliphatic rings. The number of anilines is 2. The Morgan fingerprint density at radius 1 is 1.32 bits per heavy atom. The third-order valence-electron chi connectivity index (χ3n) is 6.44. The number of aryl methyl sites for hydroxylation is 1. The van der Waals surface area contributed by atoms with Crippen LogP contribution < -0.4 is 5.32 Å². The number of carbonyl (C=O) groups is 1. The summed E-state index contributed by atoms with van der Waals surface area (Å²) >= 11 is 0. The van der Waals surface area contributed by atoms with Gasteiger partial charge >= 0.3 is 6.01 Å². The third-order valence-corrected chi connectivity index (χ3v) is 6.44. The highest BCUT2D eigenvalue weighted by Crippen LogP contribution is 2.30. The zero-order chi connectivity index (χ0) is 22.0. The van der Waals surface area contributed by atoms with E-state index in [4.69, 9.17) is 9.68 Å². The maximum atomic E-state index is 12.7. The molecule has 166 valence electrons. The number of aromatic nitrogens is 2. The van der Waals surface area contributed by atoms with Crippen LogP contribution >= 0.6 is 0 Å². The molecule has 0 bridgehead atoms. The number of amides is 1. The Hall–Kier alpha value is -2.92. The fourth-order valence-corrected chi connectivity index (χ4v) is 4.42. The minimum absolute atomic E-state index is 0. The maximum Gasteiger partial charge on any atom is 0.320 e. The average molecular weight is 425 g/mol. The van der Waals surface area contributed by atoms with E-state index in [0.717, 1.165) is 55.8 Å². The van der Waals surface area contributed by atoms with Gasteiger partial charge in [-0.25, -0.2) is 0 Å². The topological polar surface area (TPSA) is 98.3 Å². The second kappa shape index (κ2) is 9.06. The first kappa shape index (κ1) is 21.3. The summed E-state index contributed by atoms with van der Waals surface area (Å²) in [6.45, 7) is 9.73. The number of benzene rings is 1. The van der Waals surface area contributed by atoms with Crippen molar-refractivity contribution in [3.8, 4) is 6.07 Å². The molecule has 1 amide bonds. The van der Waals surface area contributed by atoms with Crippen LogP contribution in [0.1, 0.15) is 50.2 Å². The quantitative estimate of drug-likeness (QED) is 0.757.